The summed E-state index contributed by atoms with van der Waals surface area (Å²) in [4.78, 5) is 4.01. The van der Waals surface area contributed by atoms with Gasteiger partial charge in [-0.15, -0.1) is 24.0 Å². The molecule has 0 spiro atoms. The first-order valence-corrected chi connectivity index (χ1v) is 8.38. The van der Waals surface area contributed by atoms with Crippen molar-refractivity contribution in [2.45, 2.75) is 39.0 Å². The van der Waals surface area contributed by atoms with Crippen LogP contribution >= 0.6 is 24.0 Å². The third kappa shape index (κ3) is 6.57. The minimum Gasteiger partial charge on any atom is -0.497 e. The summed E-state index contributed by atoms with van der Waals surface area (Å²) < 4.78 is 49.9. The monoisotopic (exact) mass is 512 g/mol. The number of hydrogen-bond donors (Lipinski definition) is 2. The predicted molar refractivity (Wildman–Crippen MR) is 111 cm³/mol. The van der Waals surface area contributed by atoms with Crippen molar-refractivity contribution >= 4 is 29.9 Å². The number of halogens is 4. The molecule has 0 saturated carbocycles. The van der Waals surface area contributed by atoms with Gasteiger partial charge in [-0.05, 0) is 23.6 Å². The second-order valence-electron chi connectivity index (χ2n) is 6.17. The molecule has 0 radical (unpaired) electrons. The van der Waals surface area contributed by atoms with E-state index >= 15 is 0 Å². The molecule has 10 heteroatoms. The van der Waals surface area contributed by atoms with Crippen molar-refractivity contribution in [3.63, 3.8) is 0 Å². The van der Waals surface area contributed by atoms with Crippen LogP contribution in [0.3, 0.4) is 0 Å². The van der Waals surface area contributed by atoms with E-state index in [0.717, 1.165) is 11.8 Å². The first kappa shape index (κ1) is 24.1. The van der Waals surface area contributed by atoms with Crippen molar-refractivity contribution in [2.75, 3.05) is 14.2 Å². The third-order valence-electron chi connectivity index (χ3n) is 3.89. The molecule has 28 heavy (non-hydrogen) atoms. The van der Waals surface area contributed by atoms with Gasteiger partial charge in [0.1, 0.15) is 5.75 Å². The molecule has 156 valence electrons. The van der Waals surface area contributed by atoms with Crippen molar-refractivity contribution in [1.82, 2.24) is 15.8 Å². The minimum absolute atomic E-state index is 0. The molecule has 0 aliphatic carbocycles. The number of guanidine groups is 1. The van der Waals surface area contributed by atoms with Gasteiger partial charge in [0.05, 0.1) is 24.9 Å². The van der Waals surface area contributed by atoms with Gasteiger partial charge in [-0.25, -0.2) is 0 Å². The van der Waals surface area contributed by atoms with Crippen LogP contribution in [-0.2, 0) is 19.3 Å². The van der Waals surface area contributed by atoms with E-state index < -0.39 is 11.7 Å². The Morgan fingerprint density at radius 3 is 2.43 bits per heavy atom. The summed E-state index contributed by atoms with van der Waals surface area (Å²) in [6, 6.07) is 5.68. The van der Waals surface area contributed by atoms with Gasteiger partial charge in [-0.2, -0.15) is 13.2 Å². The number of ether oxygens (including phenoxy) is 1. The number of methoxy groups -OCH3 is 1. The molecular formula is C18H24F3IN4O2. The number of nitrogens with one attached hydrogen (secondary N) is 2. The molecule has 0 aliphatic heterocycles. The van der Waals surface area contributed by atoms with Gasteiger partial charge < -0.3 is 19.9 Å². The Balaban J connectivity index is 0.00000392. The van der Waals surface area contributed by atoms with Gasteiger partial charge in [0, 0.05) is 19.7 Å². The van der Waals surface area contributed by atoms with Crippen LogP contribution in [0.15, 0.2) is 33.8 Å². The lowest BCUT2D eigenvalue weighted by atomic mass is 10.1. The summed E-state index contributed by atoms with van der Waals surface area (Å²) in [7, 11) is 2.86. The standard InChI is InChI=1S/C18H23F3N4O2.HI/c1-11(2)16-8-14(27-25-16)10-24-17(22-3)23-9-12-5-6-13(26-4)7-15(12)18(19,20)21;/h5-8,11H,9-10H2,1-4H3,(H2,22,23,24);1H. The molecule has 0 saturated heterocycles. The molecule has 0 bridgehead atoms. The Kier molecular flexibility index (Phi) is 9.05. The van der Waals surface area contributed by atoms with E-state index in [4.69, 9.17) is 9.26 Å². The quantitative estimate of drug-likeness (QED) is 0.343. The third-order valence-corrected chi connectivity index (χ3v) is 3.89. The lowest BCUT2D eigenvalue weighted by Gasteiger charge is -2.16. The van der Waals surface area contributed by atoms with Crippen LogP contribution in [-0.4, -0.2) is 25.3 Å². The molecule has 6 nitrogen and oxygen atoms in total. The molecule has 0 aliphatic rings. The average molecular weight is 512 g/mol. The number of alkyl halides is 3. The second-order valence-corrected chi connectivity index (χ2v) is 6.17. The zero-order valence-electron chi connectivity index (χ0n) is 16.1. The molecular weight excluding hydrogens is 488 g/mol. The summed E-state index contributed by atoms with van der Waals surface area (Å²) in [6.45, 7) is 4.27. The fourth-order valence-corrected chi connectivity index (χ4v) is 2.36. The maximum atomic E-state index is 13.3. The Hall–Kier alpha value is -1.98. The highest BCUT2D eigenvalue weighted by molar-refractivity contribution is 14.0. The van der Waals surface area contributed by atoms with Crippen molar-refractivity contribution in [2.24, 2.45) is 4.99 Å². The van der Waals surface area contributed by atoms with E-state index in [1.165, 1.54) is 26.3 Å². The van der Waals surface area contributed by atoms with Crippen molar-refractivity contribution in [3.05, 3.63) is 46.8 Å². The molecule has 1 aromatic heterocycles. The number of nitrogens with zero attached hydrogens (tertiary/aromatic N) is 2. The van der Waals surface area contributed by atoms with Crippen molar-refractivity contribution in [1.29, 1.82) is 0 Å². The Labute approximate surface area is 178 Å². The summed E-state index contributed by atoms with van der Waals surface area (Å²) >= 11 is 0. The molecule has 2 aromatic rings. The largest absolute Gasteiger partial charge is 0.497 e. The van der Waals surface area contributed by atoms with Crippen LogP contribution in [0.1, 0.15) is 42.3 Å². The van der Waals surface area contributed by atoms with Gasteiger partial charge in [0.25, 0.3) is 0 Å². The van der Waals surface area contributed by atoms with E-state index in [1.807, 2.05) is 19.9 Å². The predicted octanol–water partition coefficient (Wildman–Crippen LogP) is 4.31. The van der Waals surface area contributed by atoms with Crippen molar-refractivity contribution in [3.8, 4) is 5.75 Å². The number of benzene rings is 1. The summed E-state index contributed by atoms with van der Waals surface area (Å²) in [5.74, 6) is 1.36. The van der Waals surface area contributed by atoms with Crippen LogP contribution in [0.5, 0.6) is 5.75 Å². The van der Waals surface area contributed by atoms with Crippen LogP contribution in [0.4, 0.5) is 13.2 Å². The van der Waals surface area contributed by atoms with Crippen LogP contribution in [0.2, 0.25) is 0 Å². The lowest BCUT2D eigenvalue weighted by Crippen LogP contribution is -2.36. The maximum Gasteiger partial charge on any atom is 0.416 e. The summed E-state index contributed by atoms with van der Waals surface area (Å²) in [5.41, 5.74) is 0.178. The zero-order valence-corrected chi connectivity index (χ0v) is 18.4. The van der Waals surface area contributed by atoms with Crippen LogP contribution in [0, 0.1) is 0 Å². The number of rotatable bonds is 6. The number of hydrogen-bond acceptors (Lipinski definition) is 4. The normalized spacial score (nSPS) is 11.9. The number of aliphatic imine (C=N–C) groups is 1. The molecule has 1 aromatic carbocycles. The molecule has 0 fully saturated rings. The van der Waals surface area contributed by atoms with Crippen molar-refractivity contribution < 1.29 is 22.4 Å². The molecule has 0 atom stereocenters. The lowest BCUT2D eigenvalue weighted by molar-refractivity contribution is -0.138. The second kappa shape index (κ2) is 10.5. The number of aromatic nitrogens is 1. The zero-order chi connectivity index (χ0) is 20.0. The highest BCUT2D eigenvalue weighted by Gasteiger charge is 2.33. The average Bonchev–Trinajstić information content (AvgIpc) is 3.10. The van der Waals surface area contributed by atoms with E-state index in [1.54, 1.807) is 0 Å². The Bertz CT molecular complexity index is 791. The van der Waals surface area contributed by atoms with Gasteiger partial charge in [0.15, 0.2) is 11.7 Å². The molecule has 0 amide bonds. The van der Waals surface area contributed by atoms with Crippen LogP contribution < -0.4 is 15.4 Å². The van der Waals surface area contributed by atoms with E-state index in [9.17, 15) is 13.2 Å². The maximum absolute atomic E-state index is 13.3. The summed E-state index contributed by atoms with van der Waals surface area (Å²) in [6.07, 6.45) is -4.48. The first-order chi connectivity index (χ1) is 12.7. The van der Waals surface area contributed by atoms with Gasteiger partial charge in [0.2, 0.25) is 0 Å². The van der Waals surface area contributed by atoms with Crippen LogP contribution in [0.25, 0.3) is 0 Å². The van der Waals surface area contributed by atoms with E-state index in [-0.39, 0.29) is 47.8 Å². The summed E-state index contributed by atoms with van der Waals surface area (Å²) in [5, 5.41) is 9.82. The van der Waals surface area contributed by atoms with Gasteiger partial charge in [-0.1, -0.05) is 25.1 Å². The highest BCUT2D eigenvalue weighted by atomic mass is 127. The van der Waals surface area contributed by atoms with E-state index in [0.29, 0.717) is 18.3 Å². The molecule has 2 rings (SSSR count). The minimum atomic E-state index is -4.48. The fourth-order valence-electron chi connectivity index (χ4n) is 2.36. The SMILES string of the molecule is CN=C(NCc1cc(C(C)C)no1)NCc1ccc(OC)cc1C(F)(F)F.I. The topological polar surface area (TPSA) is 71.7 Å². The highest BCUT2D eigenvalue weighted by Crippen LogP contribution is 2.34. The van der Waals surface area contributed by atoms with Gasteiger partial charge in [-0.3, -0.25) is 4.99 Å². The van der Waals surface area contributed by atoms with E-state index in [2.05, 4.69) is 20.8 Å². The molecule has 0 unspecified atom stereocenters. The van der Waals surface area contributed by atoms with Gasteiger partial charge >= 0.3 is 6.18 Å². The Morgan fingerprint density at radius 1 is 1.21 bits per heavy atom. The Morgan fingerprint density at radius 2 is 1.89 bits per heavy atom. The molecule has 2 N–H and O–H groups in total. The molecule has 1 heterocycles. The fraction of sp³-hybridized carbons (Fsp3) is 0.444. The smallest absolute Gasteiger partial charge is 0.416 e. The first-order valence-electron chi connectivity index (χ1n) is 8.38.